The van der Waals surface area contributed by atoms with Gasteiger partial charge in [-0.25, -0.2) is 4.79 Å². The van der Waals surface area contributed by atoms with Crippen LogP contribution >= 0.6 is 0 Å². The number of ether oxygens (including phenoxy) is 2. The minimum absolute atomic E-state index is 0.0891. The number of fused-ring (bicyclic) bond motifs is 2. The summed E-state index contributed by atoms with van der Waals surface area (Å²) in [4.78, 5) is 12.0. The van der Waals surface area contributed by atoms with Gasteiger partial charge in [0, 0.05) is 17.4 Å². The summed E-state index contributed by atoms with van der Waals surface area (Å²) in [6.07, 6.45) is 8.63. The highest BCUT2D eigenvalue weighted by molar-refractivity contribution is 5.67. The molecule has 150 valence electrons. The zero-order valence-electron chi connectivity index (χ0n) is 17.6. The average molecular weight is 366 g/mol. The lowest BCUT2D eigenvalue weighted by atomic mass is 9.56. The third kappa shape index (κ3) is 4.62. The van der Waals surface area contributed by atoms with Crippen LogP contribution in [0.4, 0.5) is 4.79 Å². The lowest BCUT2D eigenvalue weighted by Gasteiger charge is -2.55. The molecule has 5 atom stereocenters. The fourth-order valence-electron chi connectivity index (χ4n) is 4.90. The molecular weight excluding hydrogens is 326 g/mol. The van der Waals surface area contributed by atoms with Crippen molar-refractivity contribution < 1.29 is 14.3 Å². The predicted molar refractivity (Wildman–Crippen MR) is 106 cm³/mol. The molecule has 1 N–H and O–H groups in total. The highest BCUT2D eigenvalue weighted by atomic mass is 16.6. The van der Waals surface area contributed by atoms with E-state index >= 15 is 0 Å². The Morgan fingerprint density at radius 1 is 1.35 bits per heavy atom. The molecule has 0 saturated carbocycles. The first-order valence-electron chi connectivity index (χ1n) is 10.5. The van der Waals surface area contributed by atoms with Gasteiger partial charge in [0.2, 0.25) is 0 Å². The van der Waals surface area contributed by atoms with Gasteiger partial charge in [0.05, 0.1) is 12.7 Å². The van der Waals surface area contributed by atoms with Gasteiger partial charge in [-0.2, -0.15) is 0 Å². The van der Waals surface area contributed by atoms with Gasteiger partial charge >= 0.3 is 6.09 Å². The standard InChI is InChI=1S/C22H39NO3/c1-7-8-9-10-11-19-20-16(4)12-17(5)22(13-25-19,18(20)6)14-26-21(24)23-15(2)3/h12,15,17-20H,7-11,13-14H2,1-6H3,(H,23,24)/t17?,18-,19?,20?,22-/m1/s1. The van der Waals surface area contributed by atoms with Crippen LogP contribution in [0.5, 0.6) is 0 Å². The molecular formula is C22H39NO3. The molecule has 3 unspecified atom stereocenters. The lowest BCUT2D eigenvalue weighted by molar-refractivity contribution is -0.165. The van der Waals surface area contributed by atoms with E-state index in [1.807, 2.05) is 13.8 Å². The number of carbonyl (C=O) groups excluding carboxylic acids is 1. The molecule has 0 aromatic rings. The largest absolute Gasteiger partial charge is 0.449 e. The van der Waals surface area contributed by atoms with Crippen LogP contribution in [0.2, 0.25) is 0 Å². The first-order valence-corrected chi connectivity index (χ1v) is 10.5. The van der Waals surface area contributed by atoms with Gasteiger partial charge in [-0.15, -0.1) is 0 Å². The van der Waals surface area contributed by atoms with E-state index in [9.17, 15) is 4.79 Å². The highest BCUT2D eigenvalue weighted by Gasteiger charge is 2.53. The smallest absolute Gasteiger partial charge is 0.407 e. The number of hydrogen-bond acceptors (Lipinski definition) is 3. The van der Waals surface area contributed by atoms with E-state index in [2.05, 4.69) is 39.1 Å². The first-order chi connectivity index (χ1) is 12.3. The fraction of sp³-hybridized carbons (Fsp3) is 0.864. The Morgan fingerprint density at radius 3 is 2.73 bits per heavy atom. The number of nitrogens with one attached hydrogen (secondary N) is 1. The number of unbranched alkanes of at least 4 members (excludes halogenated alkanes) is 3. The number of alkyl carbamates (subject to hydrolysis) is 1. The molecule has 0 radical (unpaired) electrons. The molecule has 1 fully saturated rings. The van der Waals surface area contributed by atoms with Crippen molar-refractivity contribution in [2.75, 3.05) is 13.2 Å². The number of amides is 1. The Hall–Kier alpha value is -1.03. The molecule has 26 heavy (non-hydrogen) atoms. The summed E-state index contributed by atoms with van der Waals surface area (Å²) < 4.78 is 12.0. The average Bonchev–Trinajstić information content (AvgIpc) is 2.56. The summed E-state index contributed by atoms with van der Waals surface area (Å²) in [5, 5.41) is 2.82. The topological polar surface area (TPSA) is 47.6 Å². The zero-order chi connectivity index (χ0) is 19.3. The maximum absolute atomic E-state index is 12.0. The van der Waals surface area contributed by atoms with Crippen molar-refractivity contribution in [1.82, 2.24) is 5.32 Å². The Kier molecular flexibility index (Phi) is 7.57. The molecule has 4 nitrogen and oxygen atoms in total. The molecule has 2 aliphatic rings. The summed E-state index contributed by atoms with van der Waals surface area (Å²) in [6, 6.07) is 0.0891. The third-order valence-corrected chi connectivity index (χ3v) is 6.58. The second-order valence-corrected chi connectivity index (χ2v) is 8.82. The van der Waals surface area contributed by atoms with Gasteiger partial charge in [0.15, 0.2) is 0 Å². The van der Waals surface area contributed by atoms with Crippen LogP contribution in [0.3, 0.4) is 0 Å². The summed E-state index contributed by atoms with van der Waals surface area (Å²) in [5.41, 5.74) is 1.34. The molecule has 2 rings (SSSR count). The molecule has 1 aliphatic heterocycles. The van der Waals surface area contributed by atoms with Crippen molar-refractivity contribution in [3.63, 3.8) is 0 Å². The Labute approximate surface area is 160 Å². The Balaban J connectivity index is 2.06. The molecule has 1 aliphatic carbocycles. The van der Waals surface area contributed by atoms with Gasteiger partial charge in [-0.1, -0.05) is 58.1 Å². The molecule has 1 heterocycles. The summed E-state index contributed by atoms with van der Waals surface area (Å²) in [7, 11) is 0. The molecule has 1 saturated heterocycles. The highest BCUT2D eigenvalue weighted by Crippen LogP contribution is 2.53. The minimum atomic E-state index is -0.321. The van der Waals surface area contributed by atoms with Crippen LogP contribution in [0.15, 0.2) is 11.6 Å². The number of rotatable bonds is 8. The zero-order valence-corrected chi connectivity index (χ0v) is 17.6. The van der Waals surface area contributed by atoms with E-state index in [0.29, 0.717) is 37.1 Å². The second kappa shape index (κ2) is 9.25. The Morgan fingerprint density at radius 2 is 2.08 bits per heavy atom. The normalized spacial score (nSPS) is 33.7. The molecule has 4 heteroatoms. The summed E-state index contributed by atoms with van der Waals surface area (Å²) in [6.45, 7) is 14.1. The van der Waals surface area contributed by atoms with Crippen molar-refractivity contribution in [1.29, 1.82) is 0 Å². The number of hydrogen-bond donors (Lipinski definition) is 1. The quantitative estimate of drug-likeness (QED) is 0.467. The maximum Gasteiger partial charge on any atom is 0.407 e. The fourth-order valence-corrected chi connectivity index (χ4v) is 4.90. The van der Waals surface area contributed by atoms with Gasteiger partial charge in [0.1, 0.15) is 6.61 Å². The van der Waals surface area contributed by atoms with E-state index < -0.39 is 0 Å². The van der Waals surface area contributed by atoms with E-state index in [1.165, 1.54) is 31.3 Å². The van der Waals surface area contributed by atoms with E-state index in [-0.39, 0.29) is 17.6 Å². The van der Waals surface area contributed by atoms with Crippen LogP contribution < -0.4 is 5.32 Å². The van der Waals surface area contributed by atoms with Crippen molar-refractivity contribution in [2.24, 2.45) is 23.2 Å². The van der Waals surface area contributed by atoms with Crippen LogP contribution in [0.25, 0.3) is 0 Å². The molecule has 0 aromatic carbocycles. The third-order valence-electron chi connectivity index (χ3n) is 6.58. The maximum atomic E-state index is 12.0. The monoisotopic (exact) mass is 365 g/mol. The minimum Gasteiger partial charge on any atom is -0.449 e. The van der Waals surface area contributed by atoms with E-state index in [4.69, 9.17) is 9.47 Å². The van der Waals surface area contributed by atoms with Crippen molar-refractivity contribution in [3.05, 3.63) is 11.6 Å². The van der Waals surface area contributed by atoms with E-state index in [0.717, 1.165) is 6.42 Å². The lowest BCUT2D eigenvalue weighted by Crippen LogP contribution is -2.57. The predicted octanol–water partition coefficient (Wildman–Crippen LogP) is 5.32. The van der Waals surface area contributed by atoms with Crippen LogP contribution in [-0.2, 0) is 9.47 Å². The van der Waals surface area contributed by atoms with Crippen LogP contribution in [0.1, 0.15) is 73.6 Å². The van der Waals surface area contributed by atoms with Crippen molar-refractivity contribution in [3.8, 4) is 0 Å². The van der Waals surface area contributed by atoms with Gasteiger partial charge < -0.3 is 14.8 Å². The number of carbonyl (C=O) groups is 1. The summed E-state index contributed by atoms with van der Waals surface area (Å²) in [5.74, 6) is 1.25. The summed E-state index contributed by atoms with van der Waals surface area (Å²) >= 11 is 0. The van der Waals surface area contributed by atoms with Gasteiger partial charge in [0.25, 0.3) is 0 Å². The van der Waals surface area contributed by atoms with Crippen molar-refractivity contribution in [2.45, 2.75) is 85.8 Å². The van der Waals surface area contributed by atoms with Gasteiger partial charge in [-0.05, 0) is 39.0 Å². The van der Waals surface area contributed by atoms with E-state index in [1.54, 1.807) is 0 Å². The second-order valence-electron chi connectivity index (χ2n) is 8.82. The van der Waals surface area contributed by atoms with Gasteiger partial charge in [-0.3, -0.25) is 0 Å². The number of allylic oxidation sites excluding steroid dienone is 1. The van der Waals surface area contributed by atoms with Crippen LogP contribution in [-0.4, -0.2) is 31.5 Å². The van der Waals surface area contributed by atoms with Crippen LogP contribution in [0, 0.1) is 23.2 Å². The SMILES string of the molecule is CCCCCCC1OC[C@@]2(COC(=O)NC(C)C)C(C)C=C(C)C1[C@H]2C. The molecule has 1 amide bonds. The first kappa shape index (κ1) is 21.3. The Bertz CT molecular complexity index is 502. The molecule has 0 spiro atoms. The van der Waals surface area contributed by atoms with Crippen molar-refractivity contribution >= 4 is 6.09 Å². The molecule has 0 aromatic heterocycles. The molecule has 2 bridgehead atoms.